The minimum atomic E-state index is -3.66. The molecular weight excluding hydrogens is 328 g/mol. The van der Waals surface area contributed by atoms with E-state index in [9.17, 15) is 13.2 Å². The number of ether oxygens (including phenoxy) is 1. The number of amides is 1. The highest BCUT2D eigenvalue weighted by molar-refractivity contribution is 7.92. The molecule has 0 saturated carbocycles. The number of hydrogen-bond acceptors (Lipinski definition) is 4. The van der Waals surface area contributed by atoms with Crippen molar-refractivity contribution in [2.45, 2.75) is 6.92 Å². The standard InChI is InChI=1S/C17H20N2O4S/c1-13-9-10-16(23-2)15(11-13)19(24(3,21)22)12-17(20)18-14-7-5-4-6-8-14/h4-11H,12H2,1-3H3,(H,18,20). The van der Waals surface area contributed by atoms with Gasteiger partial charge in [-0.2, -0.15) is 0 Å². The van der Waals surface area contributed by atoms with Gasteiger partial charge in [0, 0.05) is 5.69 Å². The predicted molar refractivity (Wildman–Crippen MR) is 95.0 cm³/mol. The SMILES string of the molecule is COc1ccc(C)cc1N(CC(=O)Nc1ccccc1)S(C)(=O)=O. The molecule has 2 rings (SSSR count). The van der Waals surface area contributed by atoms with Crippen LogP contribution in [-0.4, -0.2) is 34.2 Å². The van der Waals surface area contributed by atoms with Crippen LogP contribution in [0, 0.1) is 6.92 Å². The van der Waals surface area contributed by atoms with Crippen LogP contribution in [0.3, 0.4) is 0 Å². The van der Waals surface area contributed by atoms with E-state index in [0.29, 0.717) is 17.1 Å². The zero-order chi connectivity index (χ0) is 17.7. The first-order valence-corrected chi connectivity index (χ1v) is 9.13. The Bertz CT molecular complexity index is 820. The second-order valence-corrected chi connectivity index (χ2v) is 7.27. The topological polar surface area (TPSA) is 75.7 Å². The number of aryl methyl sites for hydroxylation is 1. The molecule has 0 saturated heterocycles. The molecule has 0 spiro atoms. The van der Waals surface area contributed by atoms with Gasteiger partial charge in [-0.15, -0.1) is 0 Å². The van der Waals surface area contributed by atoms with Gasteiger partial charge in [0.1, 0.15) is 12.3 Å². The number of nitrogens with one attached hydrogen (secondary N) is 1. The normalized spacial score (nSPS) is 11.0. The lowest BCUT2D eigenvalue weighted by molar-refractivity contribution is -0.114. The first kappa shape index (κ1) is 17.8. The van der Waals surface area contributed by atoms with Gasteiger partial charge in [0.15, 0.2) is 0 Å². The molecule has 2 aromatic carbocycles. The summed E-state index contributed by atoms with van der Waals surface area (Å²) in [6.45, 7) is 1.50. The molecule has 0 fully saturated rings. The highest BCUT2D eigenvalue weighted by Gasteiger charge is 2.24. The maximum Gasteiger partial charge on any atom is 0.245 e. The summed E-state index contributed by atoms with van der Waals surface area (Å²) < 4.78 is 30.7. The number of para-hydroxylation sites is 1. The summed E-state index contributed by atoms with van der Waals surface area (Å²) in [4.78, 5) is 12.3. The van der Waals surface area contributed by atoms with Gasteiger partial charge in [0.05, 0.1) is 19.1 Å². The third-order valence-corrected chi connectivity index (χ3v) is 4.47. The highest BCUT2D eigenvalue weighted by atomic mass is 32.2. The van der Waals surface area contributed by atoms with Crippen molar-refractivity contribution in [3.8, 4) is 5.75 Å². The number of sulfonamides is 1. The zero-order valence-electron chi connectivity index (χ0n) is 13.8. The van der Waals surface area contributed by atoms with Crippen LogP contribution in [-0.2, 0) is 14.8 Å². The molecule has 0 unspecified atom stereocenters. The molecular formula is C17H20N2O4S. The fourth-order valence-electron chi connectivity index (χ4n) is 2.23. The average Bonchev–Trinajstić information content (AvgIpc) is 2.52. The van der Waals surface area contributed by atoms with E-state index in [-0.39, 0.29) is 6.54 Å². The average molecular weight is 348 g/mol. The molecule has 0 radical (unpaired) electrons. The summed E-state index contributed by atoms with van der Waals surface area (Å²) in [6.07, 6.45) is 1.06. The van der Waals surface area contributed by atoms with Gasteiger partial charge in [-0.05, 0) is 36.8 Å². The van der Waals surface area contributed by atoms with Crippen molar-refractivity contribution in [3.63, 3.8) is 0 Å². The number of carbonyl (C=O) groups excluding carboxylic acids is 1. The van der Waals surface area contributed by atoms with E-state index in [2.05, 4.69) is 5.32 Å². The maximum atomic E-state index is 12.3. The van der Waals surface area contributed by atoms with E-state index in [1.807, 2.05) is 19.1 Å². The first-order chi connectivity index (χ1) is 11.3. The number of rotatable bonds is 6. The van der Waals surface area contributed by atoms with Gasteiger partial charge in [-0.3, -0.25) is 9.10 Å². The molecule has 128 valence electrons. The Labute approximate surface area is 142 Å². The van der Waals surface area contributed by atoms with Gasteiger partial charge in [-0.1, -0.05) is 24.3 Å². The third-order valence-electron chi connectivity index (χ3n) is 3.35. The van der Waals surface area contributed by atoms with E-state index in [1.165, 1.54) is 7.11 Å². The molecule has 0 aliphatic carbocycles. The number of hydrogen-bond donors (Lipinski definition) is 1. The largest absolute Gasteiger partial charge is 0.495 e. The van der Waals surface area contributed by atoms with Gasteiger partial charge < -0.3 is 10.1 Å². The van der Waals surface area contributed by atoms with Crippen molar-refractivity contribution < 1.29 is 17.9 Å². The van der Waals surface area contributed by atoms with Crippen LogP contribution in [0.15, 0.2) is 48.5 Å². The van der Waals surface area contributed by atoms with Crippen LogP contribution < -0.4 is 14.4 Å². The fraction of sp³-hybridized carbons (Fsp3) is 0.235. The number of nitrogens with zero attached hydrogens (tertiary/aromatic N) is 1. The lowest BCUT2D eigenvalue weighted by Crippen LogP contribution is -2.37. The van der Waals surface area contributed by atoms with Crippen molar-refractivity contribution in [2.75, 3.05) is 29.5 Å². The number of anilines is 2. The van der Waals surface area contributed by atoms with E-state index in [4.69, 9.17) is 4.74 Å². The molecule has 0 heterocycles. The summed E-state index contributed by atoms with van der Waals surface area (Å²) in [5, 5.41) is 2.68. The summed E-state index contributed by atoms with van der Waals surface area (Å²) in [7, 11) is -2.21. The Morgan fingerprint density at radius 3 is 2.42 bits per heavy atom. The molecule has 1 amide bonds. The Balaban J connectivity index is 2.30. The minimum Gasteiger partial charge on any atom is -0.495 e. The first-order valence-electron chi connectivity index (χ1n) is 7.28. The summed E-state index contributed by atoms with van der Waals surface area (Å²) in [5.74, 6) is -0.0475. The quantitative estimate of drug-likeness (QED) is 0.870. The van der Waals surface area contributed by atoms with Crippen LogP contribution >= 0.6 is 0 Å². The Kier molecular flexibility index (Phi) is 5.46. The van der Waals surface area contributed by atoms with Crippen molar-refractivity contribution in [1.29, 1.82) is 0 Å². The molecule has 0 bridgehead atoms. The number of carbonyl (C=O) groups is 1. The Hall–Kier alpha value is -2.54. The van der Waals surface area contributed by atoms with E-state index >= 15 is 0 Å². The molecule has 0 aromatic heterocycles. The van der Waals surface area contributed by atoms with E-state index in [0.717, 1.165) is 16.1 Å². The monoisotopic (exact) mass is 348 g/mol. The van der Waals surface area contributed by atoms with E-state index < -0.39 is 15.9 Å². The van der Waals surface area contributed by atoms with Gasteiger partial charge >= 0.3 is 0 Å². The molecule has 1 N–H and O–H groups in total. The lowest BCUT2D eigenvalue weighted by atomic mass is 10.2. The molecule has 0 aliphatic heterocycles. The second kappa shape index (κ2) is 7.35. The molecule has 0 atom stereocenters. The summed E-state index contributed by atoms with van der Waals surface area (Å²) in [5.41, 5.74) is 1.80. The third kappa shape index (κ3) is 4.48. The second-order valence-electron chi connectivity index (χ2n) is 5.36. The van der Waals surface area contributed by atoms with Crippen molar-refractivity contribution >= 4 is 27.3 Å². The maximum absolute atomic E-state index is 12.3. The molecule has 24 heavy (non-hydrogen) atoms. The fourth-order valence-corrected chi connectivity index (χ4v) is 3.08. The minimum absolute atomic E-state index is 0.336. The Morgan fingerprint density at radius 2 is 1.83 bits per heavy atom. The molecule has 6 nitrogen and oxygen atoms in total. The Morgan fingerprint density at radius 1 is 1.17 bits per heavy atom. The summed E-state index contributed by atoms with van der Waals surface area (Å²) in [6, 6.07) is 14.0. The molecule has 2 aromatic rings. The number of methoxy groups -OCH3 is 1. The molecule has 7 heteroatoms. The van der Waals surface area contributed by atoms with Gasteiger partial charge in [-0.25, -0.2) is 8.42 Å². The lowest BCUT2D eigenvalue weighted by Gasteiger charge is -2.24. The highest BCUT2D eigenvalue weighted by Crippen LogP contribution is 2.30. The molecule has 0 aliphatic rings. The number of benzene rings is 2. The van der Waals surface area contributed by atoms with Crippen molar-refractivity contribution in [2.24, 2.45) is 0 Å². The van der Waals surface area contributed by atoms with Gasteiger partial charge in [0.25, 0.3) is 0 Å². The van der Waals surface area contributed by atoms with Crippen LogP contribution in [0.2, 0.25) is 0 Å². The van der Waals surface area contributed by atoms with Crippen LogP contribution in [0.25, 0.3) is 0 Å². The van der Waals surface area contributed by atoms with Crippen LogP contribution in [0.4, 0.5) is 11.4 Å². The van der Waals surface area contributed by atoms with Crippen molar-refractivity contribution in [3.05, 3.63) is 54.1 Å². The van der Waals surface area contributed by atoms with Crippen molar-refractivity contribution in [1.82, 2.24) is 0 Å². The van der Waals surface area contributed by atoms with Crippen LogP contribution in [0.5, 0.6) is 5.75 Å². The van der Waals surface area contributed by atoms with Crippen LogP contribution in [0.1, 0.15) is 5.56 Å². The summed E-state index contributed by atoms with van der Waals surface area (Å²) >= 11 is 0. The van der Waals surface area contributed by atoms with Gasteiger partial charge in [0.2, 0.25) is 15.9 Å². The predicted octanol–water partition coefficient (Wildman–Crippen LogP) is 2.41. The van der Waals surface area contributed by atoms with E-state index in [1.54, 1.807) is 36.4 Å². The zero-order valence-corrected chi connectivity index (χ0v) is 14.6. The smallest absolute Gasteiger partial charge is 0.245 e.